The highest BCUT2D eigenvalue weighted by atomic mass is 32.2. The zero-order valence-electron chi connectivity index (χ0n) is 11.1. The van der Waals surface area contributed by atoms with Gasteiger partial charge in [-0.15, -0.1) is 0 Å². The number of fused-ring (bicyclic) bond motifs is 1. The summed E-state index contributed by atoms with van der Waals surface area (Å²) in [6, 6.07) is 4.34. The number of nitrogens with zero attached hydrogens (tertiary/aromatic N) is 1. The summed E-state index contributed by atoms with van der Waals surface area (Å²) in [5.74, 6) is -0.278. The summed E-state index contributed by atoms with van der Waals surface area (Å²) < 4.78 is 25.7. The molecular weight excluding hydrogens is 264 g/mol. The summed E-state index contributed by atoms with van der Waals surface area (Å²) >= 11 is 0. The van der Waals surface area contributed by atoms with E-state index in [0.29, 0.717) is 5.69 Å². The van der Waals surface area contributed by atoms with Crippen molar-refractivity contribution in [3.05, 3.63) is 23.8 Å². The average Bonchev–Trinajstić information content (AvgIpc) is 2.55. The second-order valence-corrected chi connectivity index (χ2v) is 6.61. The van der Waals surface area contributed by atoms with Gasteiger partial charge < -0.3 is 5.73 Å². The Morgan fingerprint density at radius 1 is 1.26 bits per heavy atom. The van der Waals surface area contributed by atoms with E-state index in [4.69, 9.17) is 5.73 Å². The predicted molar refractivity (Wildman–Crippen MR) is 73.1 cm³/mol. The molecule has 0 spiro atoms. The minimum atomic E-state index is -3.70. The number of rotatable bonds is 4. The van der Waals surface area contributed by atoms with Crippen molar-refractivity contribution >= 4 is 21.6 Å². The quantitative estimate of drug-likeness (QED) is 0.855. The van der Waals surface area contributed by atoms with Crippen LogP contribution in [0.3, 0.4) is 0 Å². The summed E-state index contributed by atoms with van der Waals surface area (Å²) in [4.78, 5) is 12.3. The van der Waals surface area contributed by atoms with Gasteiger partial charge in [-0.3, -0.25) is 4.79 Å². The lowest BCUT2D eigenvalue weighted by Crippen LogP contribution is -2.34. The molecular formula is C13H18N2O3S. The third kappa shape index (κ3) is 2.20. The van der Waals surface area contributed by atoms with Crippen molar-refractivity contribution < 1.29 is 13.2 Å². The normalized spacial score (nSPS) is 17.0. The third-order valence-corrected chi connectivity index (χ3v) is 5.41. The smallest absolute Gasteiger partial charge is 0.269 e. The maximum Gasteiger partial charge on any atom is 0.269 e. The van der Waals surface area contributed by atoms with Gasteiger partial charge in [0.25, 0.3) is 15.9 Å². The maximum absolute atomic E-state index is 12.3. The van der Waals surface area contributed by atoms with Crippen molar-refractivity contribution in [2.24, 2.45) is 5.92 Å². The molecule has 0 atom stereocenters. The van der Waals surface area contributed by atoms with Crippen LogP contribution in [-0.4, -0.2) is 25.2 Å². The first-order valence-corrected chi connectivity index (χ1v) is 7.82. The van der Waals surface area contributed by atoms with E-state index < -0.39 is 15.9 Å². The highest BCUT2D eigenvalue weighted by molar-refractivity contribution is 7.90. The Balaban J connectivity index is 2.43. The van der Waals surface area contributed by atoms with Crippen LogP contribution >= 0.6 is 0 Å². The van der Waals surface area contributed by atoms with Crippen LogP contribution in [-0.2, 0) is 10.0 Å². The Kier molecular flexibility index (Phi) is 3.54. The second kappa shape index (κ2) is 4.85. The fraction of sp³-hybridized carbons (Fsp3) is 0.462. The van der Waals surface area contributed by atoms with E-state index in [0.717, 1.165) is 17.1 Å². The van der Waals surface area contributed by atoms with Gasteiger partial charge in [-0.2, -0.15) is 0 Å². The molecule has 0 aromatic heterocycles. The van der Waals surface area contributed by atoms with Gasteiger partial charge in [0.2, 0.25) is 0 Å². The minimum absolute atomic E-state index is 0.0673. The van der Waals surface area contributed by atoms with Crippen LogP contribution < -0.4 is 5.73 Å². The molecule has 1 heterocycles. The molecule has 5 nitrogen and oxygen atoms in total. The van der Waals surface area contributed by atoms with Crippen LogP contribution in [0.25, 0.3) is 0 Å². The van der Waals surface area contributed by atoms with Gasteiger partial charge in [0, 0.05) is 12.2 Å². The molecule has 2 N–H and O–H groups in total. The molecule has 19 heavy (non-hydrogen) atoms. The van der Waals surface area contributed by atoms with E-state index in [9.17, 15) is 13.2 Å². The van der Waals surface area contributed by atoms with Crippen LogP contribution in [0.1, 0.15) is 37.0 Å². The van der Waals surface area contributed by atoms with E-state index in [1.807, 2.05) is 13.8 Å². The first-order valence-electron chi connectivity index (χ1n) is 6.38. The lowest BCUT2D eigenvalue weighted by Gasteiger charge is -2.20. The van der Waals surface area contributed by atoms with E-state index in [1.54, 1.807) is 0 Å². The van der Waals surface area contributed by atoms with E-state index >= 15 is 0 Å². The van der Waals surface area contributed by atoms with Crippen molar-refractivity contribution in [2.75, 3.05) is 12.3 Å². The Morgan fingerprint density at radius 2 is 1.89 bits per heavy atom. The molecule has 6 heteroatoms. The fourth-order valence-corrected chi connectivity index (χ4v) is 3.89. The standard InChI is InChI=1S/C13H18N2O3S/c1-3-9(4-2)8-15-13(16)11-7-10(14)5-6-12(11)19(15,17)18/h5-7,9H,3-4,8,14H2,1-2H3. The van der Waals surface area contributed by atoms with Crippen molar-refractivity contribution in [3.63, 3.8) is 0 Å². The number of sulfonamides is 1. The zero-order chi connectivity index (χ0) is 14.2. The number of carbonyl (C=O) groups excluding carboxylic acids is 1. The summed E-state index contributed by atoms with van der Waals surface area (Å²) in [5.41, 5.74) is 6.20. The zero-order valence-corrected chi connectivity index (χ0v) is 11.9. The highest BCUT2D eigenvalue weighted by Crippen LogP contribution is 2.32. The predicted octanol–water partition coefficient (Wildman–Crippen LogP) is 1.85. The van der Waals surface area contributed by atoms with Gasteiger partial charge in [0.1, 0.15) is 4.90 Å². The van der Waals surface area contributed by atoms with Gasteiger partial charge in [-0.1, -0.05) is 26.7 Å². The molecule has 0 aliphatic carbocycles. The number of carbonyl (C=O) groups is 1. The van der Waals surface area contributed by atoms with Gasteiger partial charge >= 0.3 is 0 Å². The molecule has 0 saturated carbocycles. The summed E-state index contributed by atoms with van der Waals surface area (Å²) in [7, 11) is -3.70. The molecule has 0 unspecified atom stereocenters. The largest absolute Gasteiger partial charge is 0.399 e. The van der Waals surface area contributed by atoms with Crippen molar-refractivity contribution in [1.82, 2.24) is 4.31 Å². The molecule has 2 rings (SSSR count). The molecule has 1 amide bonds. The van der Waals surface area contributed by atoms with Gasteiger partial charge in [-0.25, -0.2) is 12.7 Å². The lowest BCUT2D eigenvalue weighted by atomic mass is 10.0. The maximum atomic E-state index is 12.3. The molecule has 1 aromatic rings. The molecule has 1 aliphatic heterocycles. The topological polar surface area (TPSA) is 80.5 Å². The number of nitrogen functional groups attached to an aromatic ring is 1. The van der Waals surface area contributed by atoms with Crippen LogP contribution in [0.2, 0.25) is 0 Å². The van der Waals surface area contributed by atoms with Crippen LogP contribution in [0.5, 0.6) is 0 Å². The summed E-state index contributed by atoms with van der Waals surface area (Å²) in [6.45, 7) is 4.22. The van der Waals surface area contributed by atoms with Crippen molar-refractivity contribution in [1.29, 1.82) is 0 Å². The molecule has 0 bridgehead atoms. The molecule has 1 aromatic carbocycles. The van der Waals surface area contributed by atoms with Gasteiger partial charge in [0.05, 0.1) is 5.56 Å². The summed E-state index contributed by atoms with van der Waals surface area (Å²) in [6.07, 6.45) is 1.68. The first kappa shape index (κ1) is 13.9. The number of benzene rings is 1. The number of nitrogens with two attached hydrogens (primary N) is 1. The molecule has 0 fully saturated rings. The van der Waals surface area contributed by atoms with Crippen molar-refractivity contribution in [2.45, 2.75) is 31.6 Å². The molecule has 0 saturated heterocycles. The fourth-order valence-electron chi connectivity index (χ4n) is 2.26. The second-order valence-electron chi connectivity index (χ2n) is 4.78. The molecule has 1 aliphatic rings. The number of hydrogen-bond donors (Lipinski definition) is 1. The van der Waals surface area contributed by atoms with Gasteiger partial charge in [-0.05, 0) is 24.1 Å². The monoisotopic (exact) mass is 282 g/mol. The van der Waals surface area contributed by atoms with E-state index in [1.165, 1.54) is 18.2 Å². The number of anilines is 1. The Bertz CT molecular complexity index is 606. The SMILES string of the molecule is CCC(CC)CN1C(=O)c2cc(N)ccc2S1(=O)=O. The number of hydrogen-bond acceptors (Lipinski definition) is 4. The van der Waals surface area contributed by atoms with Crippen LogP contribution in [0.4, 0.5) is 5.69 Å². The lowest BCUT2D eigenvalue weighted by molar-refractivity contribution is 0.0855. The van der Waals surface area contributed by atoms with Crippen molar-refractivity contribution in [3.8, 4) is 0 Å². The van der Waals surface area contributed by atoms with E-state index in [2.05, 4.69) is 0 Å². The first-order chi connectivity index (χ1) is 8.91. The Hall–Kier alpha value is -1.56. The average molecular weight is 282 g/mol. The minimum Gasteiger partial charge on any atom is -0.399 e. The molecule has 104 valence electrons. The Morgan fingerprint density at radius 3 is 2.47 bits per heavy atom. The highest BCUT2D eigenvalue weighted by Gasteiger charge is 2.41. The third-order valence-electron chi connectivity index (χ3n) is 3.61. The van der Waals surface area contributed by atoms with Gasteiger partial charge in [0.15, 0.2) is 0 Å². The van der Waals surface area contributed by atoms with Crippen LogP contribution in [0.15, 0.2) is 23.1 Å². The van der Waals surface area contributed by atoms with Crippen LogP contribution in [0, 0.1) is 5.92 Å². The Labute approximate surface area is 113 Å². The summed E-state index contributed by atoms with van der Waals surface area (Å²) in [5, 5.41) is 0. The molecule has 0 radical (unpaired) electrons. The number of amides is 1. The van der Waals surface area contributed by atoms with E-state index in [-0.39, 0.29) is 22.9 Å².